The number of esters is 2. The van der Waals surface area contributed by atoms with Gasteiger partial charge in [-0.3, -0.25) is 4.79 Å². The smallest absolute Gasteiger partial charge is 0.338 e. The summed E-state index contributed by atoms with van der Waals surface area (Å²) < 4.78 is 25.5. The number of nitrogens with two attached hydrogens (primary N) is 1. The van der Waals surface area contributed by atoms with Crippen LogP contribution in [0.2, 0.25) is 0 Å². The molecule has 140 valence electrons. The van der Waals surface area contributed by atoms with E-state index < -0.39 is 17.9 Å². The highest BCUT2D eigenvalue weighted by atomic mass is 16.7. The highest BCUT2D eigenvalue weighted by molar-refractivity contribution is 5.93. The molecule has 0 saturated heterocycles. The van der Waals surface area contributed by atoms with Crippen LogP contribution in [-0.2, 0) is 23.8 Å². The second kappa shape index (κ2) is 7.29. The first-order valence-corrected chi connectivity index (χ1v) is 7.85. The van der Waals surface area contributed by atoms with Crippen molar-refractivity contribution < 1.29 is 33.3 Å². The highest BCUT2D eigenvalue weighted by Gasteiger charge is 2.38. The molecule has 0 aliphatic carbocycles. The Bertz CT molecular complexity index is 911. The van der Waals surface area contributed by atoms with Gasteiger partial charge in [-0.05, 0) is 17.7 Å². The number of methoxy groups -OCH3 is 2. The van der Waals surface area contributed by atoms with Crippen molar-refractivity contribution >= 4 is 11.9 Å². The van der Waals surface area contributed by atoms with E-state index in [2.05, 4.69) is 4.74 Å². The Morgan fingerprint density at radius 3 is 2.67 bits per heavy atom. The van der Waals surface area contributed by atoms with Crippen molar-refractivity contribution in [1.82, 2.24) is 0 Å². The van der Waals surface area contributed by atoms with Gasteiger partial charge in [-0.15, -0.1) is 0 Å². The molecule has 0 unspecified atom stereocenters. The minimum absolute atomic E-state index is 0.00693. The average molecular weight is 372 g/mol. The van der Waals surface area contributed by atoms with Crippen LogP contribution >= 0.6 is 0 Å². The van der Waals surface area contributed by atoms with Crippen LogP contribution in [0.15, 0.2) is 41.0 Å². The van der Waals surface area contributed by atoms with Gasteiger partial charge in [0.15, 0.2) is 11.5 Å². The molecule has 0 amide bonds. The van der Waals surface area contributed by atoms with Crippen LogP contribution in [0.1, 0.15) is 17.9 Å². The Labute approximate surface area is 154 Å². The van der Waals surface area contributed by atoms with Crippen LogP contribution in [-0.4, -0.2) is 33.0 Å². The van der Waals surface area contributed by atoms with Crippen molar-refractivity contribution in [2.75, 3.05) is 21.0 Å². The van der Waals surface area contributed by atoms with Crippen molar-refractivity contribution in [3.05, 3.63) is 46.6 Å². The third-order valence-corrected chi connectivity index (χ3v) is 4.16. The van der Waals surface area contributed by atoms with Gasteiger partial charge in [0.05, 0.1) is 25.7 Å². The van der Waals surface area contributed by atoms with Gasteiger partial charge in [-0.2, -0.15) is 5.26 Å². The summed E-state index contributed by atoms with van der Waals surface area (Å²) in [5, 5.41) is 9.58. The standard InChI is InChI=1S/C18H16N2O7/c1-23-14(21)6-13-16(18(22)24-2)15(10(7-19)17(20)27-13)9-3-4-11-12(5-9)26-8-25-11/h3-5,15H,6,8,20H2,1-2H3/t15-/m1/s1. The fourth-order valence-electron chi connectivity index (χ4n) is 2.91. The van der Waals surface area contributed by atoms with Crippen LogP contribution in [0.25, 0.3) is 0 Å². The van der Waals surface area contributed by atoms with E-state index in [1.807, 2.05) is 6.07 Å². The van der Waals surface area contributed by atoms with Crippen molar-refractivity contribution in [3.8, 4) is 17.6 Å². The zero-order chi connectivity index (χ0) is 19.6. The lowest BCUT2D eigenvalue weighted by atomic mass is 9.82. The van der Waals surface area contributed by atoms with Crippen molar-refractivity contribution in [1.29, 1.82) is 5.26 Å². The molecule has 1 atom stereocenters. The van der Waals surface area contributed by atoms with Gasteiger partial charge in [-0.1, -0.05) is 6.07 Å². The molecule has 1 aromatic carbocycles. The van der Waals surface area contributed by atoms with Crippen LogP contribution in [0.3, 0.4) is 0 Å². The minimum Gasteiger partial charge on any atom is -0.469 e. The molecule has 2 heterocycles. The summed E-state index contributed by atoms with van der Waals surface area (Å²) in [6.07, 6.45) is -0.346. The molecule has 27 heavy (non-hydrogen) atoms. The first-order chi connectivity index (χ1) is 13.0. The molecule has 9 heteroatoms. The molecule has 0 spiro atoms. The average Bonchev–Trinajstić information content (AvgIpc) is 3.14. The number of hydrogen-bond donors (Lipinski definition) is 1. The molecule has 2 aliphatic heterocycles. The largest absolute Gasteiger partial charge is 0.469 e. The SMILES string of the molecule is COC(=O)CC1=C(C(=O)OC)[C@H](c2ccc3c(c2)OCO3)C(C#N)=C(N)O1. The van der Waals surface area contributed by atoms with Crippen LogP contribution < -0.4 is 15.2 Å². The predicted octanol–water partition coefficient (Wildman–Crippen LogP) is 1.21. The van der Waals surface area contributed by atoms with Crippen molar-refractivity contribution in [2.45, 2.75) is 12.3 Å². The van der Waals surface area contributed by atoms with E-state index in [0.717, 1.165) is 0 Å². The number of carbonyl (C=O) groups is 2. The molecular weight excluding hydrogens is 356 g/mol. The second-order valence-electron chi connectivity index (χ2n) is 5.62. The molecule has 0 saturated carbocycles. The zero-order valence-electron chi connectivity index (χ0n) is 14.6. The Balaban J connectivity index is 2.17. The van der Waals surface area contributed by atoms with E-state index in [1.165, 1.54) is 14.2 Å². The highest BCUT2D eigenvalue weighted by Crippen LogP contribution is 2.43. The monoisotopic (exact) mass is 372 g/mol. The van der Waals surface area contributed by atoms with E-state index in [-0.39, 0.29) is 36.0 Å². The van der Waals surface area contributed by atoms with Crippen LogP contribution in [0.4, 0.5) is 0 Å². The quantitative estimate of drug-likeness (QED) is 0.775. The number of benzene rings is 1. The fraction of sp³-hybridized carbons (Fsp3) is 0.278. The molecule has 3 rings (SSSR count). The molecule has 2 N–H and O–H groups in total. The van der Waals surface area contributed by atoms with Gasteiger partial charge in [0.2, 0.25) is 12.7 Å². The van der Waals surface area contributed by atoms with E-state index in [0.29, 0.717) is 17.1 Å². The van der Waals surface area contributed by atoms with Crippen LogP contribution in [0, 0.1) is 11.3 Å². The normalized spacial score (nSPS) is 17.9. The summed E-state index contributed by atoms with van der Waals surface area (Å²) in [6.45, 7) is 0.0724. The Morgan fingerprint density at radius 2 is 2.00 bits per heavy atom. The topological polar surface area (TPSA) is 130 Å². The second-order valence-corrected chi connectivity index (χ2v) is 5.62. The van der Waals surface area contributed by atoms with Crippen molar-refractivity contribution in [3.63, 3.8) is 0 Å². The van der Waals surface area contributed by atoms with E-state index >= 15 is 0 Å². The number of nitriles is 1. The van der Waals surface area contributed by atoms with Gasteiger partial charge in [-0.25, -0.2) is 4.79 Å². The maximum Gasteiger partial charge on any atom is 0.338 e. The number of rotatable bonds is 4. The van der Waals surface area contributed by atoms with Gasteiger partial charge in [0.1, 0.15) is 23.8 Å². The molecule has 2 aliphatic rings. The van der Waals surface area contributed by atoms with E-state index in [9.17, 15) is 14.9 Å². The maximum absolute atomic E-state index is 12.5. The first kappa shape index (κ1) is 18.1. The number of allylic oxidation sites excluding steroid dienone is 1. The Kier molecular flexibility index (Phi) is 4.90. The van der Waals surface area contributed by atoms with E-state index in [1.54, 1.807) is 18.2 Å². The molecular formula is C18H16N2O7. The maximum atomic E-state index is 12.5. The predicted molar refractivity (Wildman–Crippen MR) is 88.9 cm³/mol. The van der Waals surface area contributed by atoms with Crippen LogP contribution in [0.5, 0.6) is 11.5 Å². The summed E-state index contributed by atoms with van der Waals surface area (Å²) in [6, 6.07) is 6.94. The summed E-state index contributed by atoms with van der Waals surface area (Å²) in [5.74, 6) is -1.51. The van der Waals surface area contributed by atoms with Gasteiger partial charge in [0.25, 0.3) is 0 Å². The Morgan fingerprint density at radius 1 is 1.26 bits per heavy atom. The lowest BCUT2D eigenvalue weighted by molar-refractivity contribution is -0.140. The third kappa shape index (κ3) is 3.25. The first-order valence-electron chi connectivity index (χ1n) is 7.85. The van der Waals surface area contributed by atoms with E-state index in [4.69, 9.17) is 24.7 Å². The number of nitrogens with zero attached hydrogens (tertiary/aromatic N) is 1. The molecule has 0 aromatic heterocycles. The number of carbonyl (C=O) groups excluding carboxylic acids is 2. The summed E-state index contributed by atoms with van der Waals surface area (Å²) in [7, 11) is 2.40. The number of fused-ring (bicyclic) bond motifs is 1. The number of hydrogen-bond acceptors (Lipinski definition) is 9. The molecule has 0 fully saturated rings. The summed E-state index contributed by atoms with van der Waals surface area (Å²) >= 11 is 0. The van der Waals surface area contributed by atoms with Gasteiger partial charge < -0.3 is 29.4 Å². The Hall–Kier alpha value is -3.67. The van der Waals surface area contributed by atoms with Gasteiger partial charge >= 0.3 is 11.9 Å². The van der Waals surface area contributed by atoms with Gasteiger partial charge in [0, 0.05) is 0 Å². The number of ether oxygens (including phenoxy) is 5. The summed E-state index contributed by atoms with van der Waals surface area (Å²) in [4.78, 5) is 24.2. The molecule has 0 radical (unpaired) electrons. The molecule has 0 bridgehead atoms. The molecule has 1 aromatic rings. The lowest BCUT2D eigenvalue weighted by Gasteiger charge is -2.27. The summed E-state index contributed by atoms with van der Waals surface area (Å²) in [5.41, 5.74) is 6.42. The molecule has 9 nitrogen and oxygen atoms in total. The minimum atomic E-state index is -0.898. The zero-order valence-corrected chi connectivity index (χ0v) is 14.6. The fourth-order valence-corrected chi connectivity index (χ4v) is 2.91. The lowest BCUT2D eigenvalue weighted by Crippen LogP contribution is -2.26. The van der Waals surface area contributed by atoms with Crippen molar-refractivity contribution in [2.24, 2.45) is 5.73 Å². The third-order valence-electron chi connectivity index (χ3n) is 4.16.